The molecule has 0 radical (unpaired) electrons. The Balaban J connectivity index is 1.11. The summed E-state index contributed by atoms with van der Waals surface area (Å²) in [7, 11) is 0. The molecule has 0 unspecified atom stereocenters. The molecule has 0 aromatic carbocycles. The molecule has 4 aliphatic heterocycles. The molecule has 0 saturated carbocycles. The molecule has 28 heavy (non-hydrogen) atoms. The van der Waals surface area contributed by atoms with Crippen molar-refractivity contribution < 1.29 is 27.5 Å². The van der Waals surface area contributed by atoms with E-state index in [2.05, 4.69) is 10.3 Å². The monoisotopic (exact) mass is 397 g/mol. The van der Waals surface area contributed by atoms with Crippen molar-refractivity contribution in [1.29, 1.82) is 0 Å². The summed E-state index contributed by atoms with van der Waals surface area (Å²) in [6.45, 7) is 3.76. The van der Waals surface area contributed by atoms with Crippen LogP contribution in [0.1, 0.15) is 5.56 Å². The number of amides is 3. The van der Waals surface area contributed by atoms with E-state index in [1.165, 1.54) is 6.07 Å². The number of carbonyl (C=O) groups excluding carboxylic acids is 2. The second-order valence-corrected chi connectivity index (χ2v) is 8.24. The van der Waals surface area contributed by atoms with Crippen molar-refractivity contribution in [2.75, 3.05) is 50.8 Å². The summed E-state index contributed by atoms with van der Waals surface area (Å²) < 4.78 is 42.7. The number of alkyl halides is 3. The second-order valence-electron chi connectivity index (χ2n) is 8.24. The lowest BCUT2D eigenvalue weighted by Gasteiger charge is -2.61. The zero-order valence-corrected chi connectivity index (χ0v) is 14.8. The van der Waals surface area contributed by atoms with Gasteiger partial charge in [0.15, 0.2) is 0 Å². The quantitative estimate of drug-likeness (QED) is 0.769. The number of pyridine rings is 1. The van der Waals surface area contributed by atoms with E-state index < -0.39 is 23.4 Å². The lowest BCUT2D eigenvalue weighted by atomic mass is 9.73. The maximum absolute atomic E-state index is 12.6. The van der Waals surface area contributed by atoms with Crippen LogP contribution in [0, 0.1) is 5.41 Å². The Morgan fingerprint density at radius 1 is 1.11 bits per heavy atom. The van der Waals surface area contributed by atoms with Gasteiger partial charge in [0.05, 0.1) is 18.7 Å². The first-order chi connectivity index (χ1) is 13.2. The highest BCUT2D eigenvalue weighted by atomic mass is 19.4. The molecule has 4 fully saturated rings. The Morgan fingerprint density at radius 3 is 2.32 bits per heavy atom. The van der Waals surface area contributed by atoms with Crippen LogP contribution in [-0.4, -0.2) is 78.3 Å². The van der Waals surface area contributed by atoms with Gasteiger partial charge in [0, 0.05) is 37.8 Å². The molecule has 2 spiro atoms. The fraction of sp³-hybridized carbons (Fsp3) is 0.588. The Hall–Kier alpha value is -2.72. The van der Waals surface area contributed by atoms with Crippen LogP contribution in [0.4, 0.5) is 28.6 Å². The number of nitrogens with one attached hydrogen (secondary N) is 1. The third-order valence-corrected chi connectivity index (χ3v) is 5.88. The molecule has 5 heterocycles. The largest absolute Gasteiger partial charge is 0.447 e. The molecule has 11 heteroatoms. The smallest absolute Gasteiger partial charge is 0.417 e. The molecular weight excluding hydrogens is 379 g/mol. The van der Waals surface area contributed by atoms with E-state index in [1.54, 1.807) is 9.80 Å². The van der Waals surface area contributed by atoms with E-state index >= 15 is 0 Å². The molecule has 4 aliphatic rings. The number of anilines is 1. The zero-order valence-electron chi connectivity index (χ0n) is 14.8. The number of cyclic esters (lactones) is 1. The van der Waals surface area contributed by atoms with Crippen molar-refractivity contribution >= 4 is 17.9 Å². The summed E-state index contributed by atoms with van der Waals surface area (Å²) in [6.07, 6.45) is -3.98. The average molecular weight is 397 g/mol. The van der Waals surface area contributed by atoms with Gasteiger partial charge in [-0.15, -0.1) is 0 Å². The summed E-state index contributed by atoms with van der Waals surface area (Å²) in [5.74, 6) is 0.519. The molecule has 8 nitrogen and oxygen atoms in total. The summed E-state index contributed by atoms with van der Waals surface area (Å²) in [5, 5.41) is 2.74. The van der Waals surface area contributed by atoms with Gasteiger partial charge in [0.25, 0.3) is 0 Å². The molecule has 1 aromatic heterocycles. The fourth-order valence-electron chi connectivity index (χ4n) is 4.45. The molecule has 0 aliphatic carbocycles. The molecule has 150 valence electrons. The number of urea groups is 1. The van der Waals surface area contributed by atoms with Crippen LogP contribution in [0.5, 0.6) is 0 Å². The van der Waals surface area contributed by atoms with Gasteiger partial charge in [-0.3, -0.25) is 0 Å². The van der Waals surface area contributed by atoms with Crippen molar-refractivity contribution in [3.8, 4) is 0 Å². The minimum absolute atomic E-state index is 0.00667. The summed E-state index contributed by atoms with van der Waals surface area (Å²) >= 11 is 0. The van der Waals surface area contributed by atoms with E-state index in [-0.39, 0.29) is 18.1 Å². The number of rotatable bonds is 1. The standard InChI is InChI=1S/C17H18F3N5O3/c18-17(19,20)11-1-2-12(21-3-11)23-4-15(5-23)6-24(7-15)14(27)25-8-16(9-25)10-28-13(26)22-16/h1-3H,4-10H2,(H,22,26). The Morgan fingerprint density at radius 2 is 1.79 bits per heavy atom. The molecular formula is C17H18F3N5O3. The van der Waals surface area contributed by atoms with E-state index in [0.29, 0.717) is 45.1 Å². The van der Waals surface area contributed by atoms with Gasteiger partial charge in [-0.1, -0.05) is 0 Å². The van der Waals surface area contributed by atoms with E-state index in [0.717, 1.165) is 12.3 Å². The number of ether oxygens (including phenoxy) is 1. The normalized spacial score (nSPS) is 24.4. The predicted molar refractivity (Wildman–Crippen MR) is 89.6 cm³/mol. The number of aromatic nitrogens is 1. The number of halogens is 3. The van der Waals surface area contributed by atoms with E-state index in [9.17, 15) is 22.8 Å². The van der Waals surface area contributed by atoms with Crippen LogP contribution >= 0.6 is 0 Å². The maximum Gasteiger partial charge on any atom is 0.417 e. The van der Waals surface area contributed by atoms with Crippen LogP contribution in [0.15, 0.2) is 18.3 Å². The molecule has 1 N–H and O–H groups in total. The molecule has 0 atom stereocenters. The highest BCUT2D eigenvalue weighted by molar-refractivity contribution is 5.79. The molecule has 5 rings (SSSR count). The van der Waals surface area contributed by atoms with E-state index in [4.69, 9.17) is 4.74 Å². The van der Waals surface area contributed by atoms with Crippen molar-refractivity contribution in [3.05, 3.63) is 23.9 Å². The molecule has 1 aromatic rings. The van der Waals surface area contributed by atoms with Gasteiger partial charge in [-0.25, -0.2) is 14.6 Å². The predicted octanol–water partition coefficient (Wildman–Crippen LogP) is 1.14. The molecule has 4 saturated heterocycles. The highest BCUT2D eigenvalue weighted by Crippen LogP contribution is 2.42. The summed E-state index contributed by atoms with van der Waals surface area (Å²) in [4.78, 5) is 33.0. The van der Waals surface area contributed by atoms with Crippen molar-refractivity contribution in [3.63, 3.8) is 0 Å². The number of likely N-dealkylation sites (tertiary alicyclic amines) is 2. The Labute approximate surface area is 158 Å². The van der Waals surface area contributed by atoms with E-state index in [1.807, 2.05) is 4.90 Å². The third kappa shape index (κ3) is 2.63. The fourth-order valence-corrected chi connectivity index (χ4v) is 4.45. The minimum atomic E-state index is -4.39. The topological polar surface area (TPSA) is 78.0 Å². The number of hydrogen-bond acceptors (Lipinski definition) is 5. The molecule has 0 bridgehead atoms. The van der Waals surface area contributed by atoms with Gasteiger partial charge in [0.2, 0.25) is 0 Å². The number of carbonyl (C=O) groups is 2. The van der Waals surface area contributed by atoms with Gasteiger partial charge in [-0.2, -0.15) is 13.2 Å². The third-order valence-electron chi connectivity index (χ3n) is 5.88. The van der Waals surface area contributed by atoms with Crippen molar-refractivity contribution in [2.24, 2.45) is 5.41 Å². The Kier molecular flexibility index (Phi) is 3.36. The lowest BCUT2D eigenvalue weighted by Crippen LogP contribution is -2.77. The van der Waals surface area contributed by atoms with Gasteiger partial charge in [0.1, 0.15) is 18.0 Å². The van der Waals surface area contributed by atoms with Gasteiger partial charge in [-0.05, 0) is 12.1 Å². The number of nitrogens with zero attached hydrogens (tertiary/aromatic N) is 4. The first kappa shape index (κ1) is 17.4. The van der Waals surface area contributed by atoms with Crippen molar-refractivity contribution in [1.82, 2.24) is 20.1 Å². The summed E-state index contributed by atoms with van der Waals surface area (Å²) in [6, 6.07) is 2.37. The van der Waals surface area contributed by atoms with Crippen LogP contribution < -0.4 is 10.2 Å². The first-order valence-corrected chi connectivity index (χ1v) is 8.94. The summed E-state index contributed by atoms with van der Waals surface area (Å²) in [5.41, 5.74) is -1.20. The molecule has 3 amide bonds. The SMILES string of the molecule is O=C1NC2(CO1)CN(C(=O)N1CC3(C1)CN(c1ccc(C(F)(F)F)cn1)C3)C2. The second kappa shape index (κ2) is 5.42. The van der Waals surface area contributed by atoms with Gasteiger partial charge >= 0.3 is 18.3 Å². The highest BCUT2D eigenvalue weighted by Gasteiger charge is 2.57. The zero-order chi connectivity index (χ0) is 19.7. The number of alkyl carbamates (subject to hydrolysis) is 1. The Bertz CT molecular complexity index is 823. The maximum atomic E-state index is 12.6. The van der Waals surface area contributed by atoms with Crippen LogP contribution in [0.3, 0.4) is 0 Å². The van der Waals surface area contributed by atoms with Crippen LogP contribution in [-0.2, 0) is 10.9 Å². The number of hydrogen-bond donors (Lipinski definition) is 1. The first-order valence-electron chi connectivity index (χ1n) is 8.94. The van der Waals surface area contributed by atoms with Crippen LogP contribution in [0.2, 0.25) is 0 Å². The average Bonchev–Trinajstić information content (AvgIpc) is 2.92. The van der Waals surface area contributed by atoms with Crippen LogP contribution in [0.25, 0.3) is 0 Å². The van der Waals surface area contributed by atoms with Gasteiger partial charge < -0.3 is 24.8 Å². The lowest BCUT2D eigenvalue weighted by molar-refractivity contribution is -0.137. The van der Waals surface area contributed by atoms with Crippen molar-refractivity contribution in [2.45, 2.75) is 11.7 Å². The minimum Gasteiger partial charge on any atom is -0.447 e.